The van der Waals surface area contributed by atoms with E-state index in [0.29, 0.717) is 0 Å². The van der Waals surface area contributed by atoms with Gasteiger partial charge in [0.1, 0.15) is 0 Å². The zero-order valence-electron chi connectivity index (χ0n) is 12.3. The van der Waals surface area contributed by atoms with E-state index in [1.165, 1.54) is 11.1 Å². The standard InChI is InChI=1S/2C8H11N.2HI.Pb/c2*9-7-6-8-4-2-1-3-5-8;;;/h2*1-5H,6-7,9H2;2*1H;/q;;;;+2. The maximum atomic E-state index is 3.78. The summed E-state index contributed by atoms with van der Waals surface area (Å²) < 4.78 is 0. The van der Waals surface area contributed by atoms with E-state index in [1.54, 1.807) is 0 Å². The summed E-state index contributed by atoms with van der Waals surface area (Å²) in [6.45, 7) is 1.98. The first-order valence-corrected chi connectivity index (χ1v) is 28.8. The molecule has 0 aliphatic carbocycles. The molecule has 0 saturated heterocycles. The molecule has 0 amide bonds. The topological polar surface area (TPSA) is 55.3 Å². The molecule has 2 aromatic carbocycles. The third-order valence-electron chi connectivity index (χ3n) is 2.62. The summed E-state index contributed by atoms with van der Waals surface area (Å²) in [6.07, 6.45) is 2.20. The van der Waals surface area contributed by atoms with Crippen molar-refractivity contribution in [2.24, 2.45) is 0 Å². The van der Waals surface area contributed by atoms with Crippen LogP contribution in [0, 0.1) is 0 Å². The molecule has 0 heterocycles. The molecule has 0 unspecified atom stereocenters. The van der Waals surface area contributed by atoms with Gasteiger partial charge in [0.25, 0.3) is 0 Å². The van der Waals surface area contributed by atoms with Crippen molar-refractivity contribution in [3.8, 4) is 0 Å². The number of rotatable bonds is 4. The molecule has 5 heteroatoms. The van der Waals surface area contributed by atoms with Crippen molar-refractivity contribution in [1.82, 2.24) is 0 Å². The van der Waals surface area contributed by atoms with E-state index in [2.05, 4.69) is 95.5 Å². The second kappa shape index (κ2) is 17.1. The molecule has 0 spiro atoms. The molecule has 0 aliphatic rings. The molecule has 21 heavy (non-hydrogen) atoms. The molecule has 0 fully saturated rings. The second-order valence-electron chi connectivity index (χ2n) is 4.25. The third-order valence-corrected chi connectivity index (χ3v) is 2.62. The second-order valence-corrected chi connectivity index (χ2v) is 32.4. The first-order chi connectivity index (χ1) is 10.3. The van der Waals surface area contributed by atoms with Crippen LogP contribution in [0.5, 0.6) is 0 Å². The normalized spacial score (nSPS) is 8.95. The van der Waals surface area contributed by atoms with Gasteiger partial charge in [-0.25, -0.2) is 0 Å². The van der Waals surface area contributed by atoms with Crippen LogP contribution >= 0.6 is 35.5 Å². The fraction of sp³-hybridized carbons (Fsp3) is 0.250. The van der Waals surface area contributed by atoms with Crippen LogP contribution in [0.2, 0.25) is 0 Å². The maximum absolute atomic E-state index is 3.78. The van der Waals surface area contributed by atoms with E-state index in [-0.39, 0.29) is 15.6 Å². The van der Waals surface area contributed by atoms with Crippen LogP contribution in [0.3, 0.4) is 0 Å². The summed E-state index contributed by atoms with van der Waals surface area (Å²) in [7, 11) is 0. The van der Waals surface area contributed by atoms with Crippen molar-refractivity contribution in [3.63, 3.8) is 0 Å². The summed E-state index contributed by atoms with van der Waals surface area (Å²) >= 11 is 4.96. The minimum atomic E-state index is 0.0233. The third kappa shape index (κ3) is 14.1. The molecule has 0 atom stereocenters. The Bertz CT molecular complexity index is 385. The van der Waals surface area contributed by atoms with Crippen molar-refractivity contribution in [2.45, 2.75) is 12.8 Å². The van der Waals surface area contributed by atoms with Gasteiger partial charge in [0, 0.05) is 12.8 Å². The minimum Gasteiger partial charge on any atom is -0.357 e. The van der Waals surface area contributed by atoms with Crippen LogP contribution < -0.4 is 11.5 Å². The van der Waals surface area contributed by atoms with Crippen LogP contribution in [-0.4, -0.2) is 28.7 Å². The maximum Gasteiger partial charge on any atom is 0.0780 e. The first-order valence-electron chi connectivity index (χ1n) is 6.91. The molecule has 6 N–H and O–H groups in total. The average Bonchev–Trinajstić information content (AvgIpc) is 2.52. The number of hydrogen-bond acceptors (Lipinski definition) is 0. The van der Waals surface area contributed by atoms with Crippen molar-refractivity contribution in [3.05, 3.63) is 71.8 Å². The molecule has 2 radical (unpaired) electrons. The predicted octanol–water partition coefficient (Wildman–Crippen LogP) is 2.33. The first kappa shape index (κ1) is 21.7. The Morgan fingerprint density at radius 3 is 1.19 bits per heavy atom. The molecule has 0 saturated carbocycles. The van der Waals surface area contributed by atoms with Crippen molar-refractivity contribution < 1.29 is 11.5 Å². The SMILES string of the molecule is [I][Pb][I].[NH3+]CCc1ccccc1.[NH3+]CCc1ccccc1. The summed E-state index contributed by atoms with van der Waals surface area (Å²) in [5, 5.41) is 0. The van der Waals surface area contributed by atoms with Gasteiger partial charge in [-0.15, -0.1) is 0 Å². The van der Waals surface area contributed by atoms with Gasteiger partial charge < -0.3 is 11.5 Å². The Kier molecular flexibility index (Phi) is 17.7. The summed E-state index contributed by atoms with van der Waals surface area (Å²) in [6, 6.07) is 20.8. The number of halogens is 2. The molecule has 0 aromatic heterocycles. The molecular weight excluding hydrogens is 681 g/mol. The van der Waals surface area contributed by atoms with E-state index in [1.807, 2.05) is 12.1 Å². The van der Waals surface area contributed by atoms with Crippen LogP contribution in [0.25, 0.3) is 0 Å². The summed E-state index contributed by atoms with van der Waals surface area (Å²) in [4.78, 5) is 0. The van der Waals surface area contributed by atoms with Gasteiger partial charge >= 0.3 is 51.2 Å². The van der Waals surface area contributed by atoms with Crippen LogP contribution in [0.15, 0.2) is 60.7 Å². The monoisotopic (exact) mass is 706 g/mol. The molecule has 0 aliphatic heterocycles. The van der Waals surface area contributed by atoms with Crippen molar-refractivity contribution >= 4 is 51.2 Å². The zero-order valence-corrected chi connectivity index (χ0v) is 20.5. The van der Waals surface area contributed by atoms with Gasteiger partial charge in [-0.05, 0) is 11.1 Å². The Labute approximate surface area is 158 Å². The number of quaternary nitrogens is 2. The smallest absolute Gasteiger partial charge is 0.0780 e. The zero-order chi connectivity index (χ0) is 15.8. The predicted molar refractivity (Wildman–Crippen MR) is 110 cm³/mol. The van der Waals surface area contributed by atoms with Crippen LogP contribution in [-0.2, 0) is 12.8 Å². The Hall–Kier alpha value is 0.742. The molecule has 2 rings (SSSR count). The van der Waals surface area contributed by atoms with E-state index in [4.69, 9.17) is 0 Å². The van der Waals surface area contributed by atoms with E-state index >= 15 is 0 Å². The van der Waals surface area contributed by atoms with Gasteiger partial charge in [-0.3, -0.25) is 0 Å². The Morgan fingerprint density at radius 2 is 0.952 bits per heavy atom. The molecule has 0 bridgehead atoms. The Balaban J connectivity index is 0.000000322. The van der Waals surface area contributed by atoms with Crippen molar-refractivity contribution in [1.29, 1.82) is 0 Å². The quantitative estimate of drug-likeness (QED) is 0.363. The largest absolute Gasteiger partial charge is 0.357 e. The fourth-order valence-electron chi connectivity index (χ4n) is 1.70. The molecule has 2 aromatic rings. The Morgan fingerprint density at radius 1 is 0.667 bits per heavy atom. The van der Waals surface area contributed by atoms with Gasteiger partial charge in [-0.2, -0.15) is 0 Å². The molecular formula is C16H24I2N2Pb+2. The van der Waals surface area contributed by atoms with Gasteiger partial charge in [0.05, 0.1) is 13.1 Å². The van der Waals surface area contributed by atoms with Crippen molar-refractivity contribution in [2.75, 3.05) is 13.1 Å². The minimum absolute atomic E-state index is 0.0233. The number of hydrogen-bond donors (Lipinski definition) is 2. The van der Waals surface area contributed by atoms with E-state index in [0.717, 1.165) is 25.9 Å². The van der Waals surface area contributed by atoms with E-state index in [9.17, 15) is 0 Å². The molecule has 114 valence electrons. The molecule has 2 nitrogen and oxygen atoms in total. The van der Waals surface area contributed by atoms with E-state index < -0.39 is 0 Å². The summed E-state index contributed by atoms with van der Waals surface area (Å²) in [5.74, 6) is 0. The van der Waals surface area contributed by atoms with Gasteiger partial charge in [-0.1, -0.05) is 60.7 Å². The number of benzene rings is 2. The van der Waals surface area contributed by atoms with Gasteiger partial charge in [0.2, 0.25) is 0 Å². The fourth-order valence-corrected chi connectivity index (χ4v) is 1.70. The van der Waals surface area contributed by atoms with Crippen LogP contribution in [0.1, 0.15) is 11.1 Å². The van der Waals surface area contributed by atoms with Crippen LogP contribution in [0.4, 0.5) is 0 Å². The summed E-state index contributed by atoms with van der Waals surface area (Å²) in [5.41, 5.74) is 10.3. The average molecular weight is 705 g/mol. The van der Waals surface area contributed by atoms with Gasteiger partial charge in [0.15, 0.2) is 0 Å².